The van der Waals surface area contributed by atoms with Crippen molar-refractivity contribution < 1.29 is 4.74 Å². The molecular weight excluding hydrogens is 238 g/mol. The Balaban J connectivity index is 2.47. The van der Waals surface area contributed by atoms with Gasteiger partial charge in [-0.05, 0) is 30.5 Å². The Morgan fingerprint density at radius 2 is 2.05 bits per heavy atom. The van der Waals surface area contributed by atoms with E-state index in [1.54, 1.807) is 7.05 Å². The molecule has 0 saturated carbocycles. The van der Waals surface area contributed by atoms with Gasteiger partial charge in [0.25, 0.3) is 0 Å². The van der Waals surface area contributed by atoms with E-state index >= 15 is 0 Å². The summed E-state index contributed by atoms with van der Waals surface area (Å²) in [5.41, 5.74) is 1.19. The second-order valence-electron chi connectivity index (χ2n) is 4.35. The lowest BCUT2D eigenvalue weighted by molar-refractivity contribution is 0.317. The molecule has 0 unspecified atom stereocenters. The average Bonchev–Trinajstić information content (AvgIpc) is 2.46. The first-order valence-corrected chi connectivity index (χ1v) is 6.96. The molecule has 0 aromatic heterocycles. The predicted octanol–water partition coefficient (Wildman–Crippen LogP) is 2.55. The first-order valence-electron chi connectivity index (χ1n) is 6.96. The second-order valence-corrected chi connectivity index (χ2v) is 4.35. The summed E-state index contributed by atoms with van der Waals surface area (Å²) in [5.74, 6) is 1.76. The molecule has 19 heavy (non-hydrogen) atoms. The number of benzene rings is 1. The molecule has 0 aliphatic rings. The van der Waals surface area contributed by atoms with Gasteiger partial charge in [0.05, 0.1) is 6.61 Å². The fourth-order valence-corrected chi connectivity index (χ4v) is 1.61. The molecular formula is C15H25N3O. The van der Waals surface area contributed by atoms with E-state index in [0.29, 0.717) is 0 Å². The van der Waals surface area contributed by atoms with Gasteiger partial charge in [-0.1, -0.05) is 26.0 Å². The highest BCUT2D eigenvalue weighted by Crippen LogP contribution is 2.13. The molecule has 0 aliphatic heterocycles. The summed E-state index contributed by atoms with van der Waals surface area (Å²) in [4.78, 5) is 4.18. The maximum absolute atomic E-state index is 5.62. The van der Waals surface area contributed by atoms with Gasteiger partial charge < -0.3 is 15.4 Å². The van der Waals surface area contributed by atoms with Crippen molar-refractivity contribution in [1.29, 1.82) is 0 Å². The van der Waals surface area contributed by atoms with E-state index in [0.717, 1.165) is 44.2 Å². The highest BCUT2D eigenvalue weighted by Gasteiger charge is 1.99. The van der Waals surface area contributed by atoms with Crippen LogP contribution in [-0.4, -0.2) is 26.2 Å². The summed E-state index contributed by atoms with van der Waals surface area (Å²) < 4.78 is 5.62. The topological polar surface area (TPSA) is 45.7 Å². The number of nitrogens with zero attached hydrogens (tertiary/aromatic N) is 1. The van der Waals surface area contributed by atoms with Gasteiger partial charge in [-0.2, -0.15) is 0 Å². The minimum Gasteiger partial charge on any atom is -0.494 e. The van der Waals surface area contributed by atoms with Crippen LogP contribution < -0.4 is 15.4 Å². The maximum Gasteiger partial charge on any atom is 0.191 e. The quantitative estimate of drug-likeness (QED) is 0.587. The van der Waals surface area contributed by atoms with Gasteiger partial charge in [-0.25, -0.2) is 0 Å². The first-order chi connectivity index (χ1) is 9.30. The summed E-state index contributed by atoms with van der Waals surface area (Å²) in [6.07, 6.45) is 2.11. The van der Waals surface area contributed by atoms with Crippen molar-refractivity contribution >= 4 is 5.96 Å². The largest absolute Gasteiger partial charge is 0.494 e. The van der Waals surface area contributed by atoms with Crippen molar-refractivity contribution in [3.05, 3.63) is 29.8 Å². The Bertz CT molecular complexity index is 391. The Kier molecular flexibility index (Phi) is 7.47. The number of nitrogens with one attached hydrogen (secondary N) is 2. The van der Waals surface area contributed by atoms with E-state index in [9.17, 15) is 0 Å². The number of ether oxygens (including phenoxy) is 1. The van der Waals surface area contributed by atoms with Crippen LogP contribution in [0.4, 0.5) is 0 Å². The Morgan fingerprint density at radius 1 is 1.21 bits per heavy atom. The Labute approximate surface area is 116 Å². The van der Waals surface area contributed by atoms with E-state index in [4.69, 9.17) is 4.74 Å². The lowest BCUT2D eigenvalue weighted by Gasteiger charge is -2.12. The summed E-state index contributed by atoms with van der Waals surface area (Å²) in [7, 11) is 1.78. The van der Waals surface area contributed by atoms with Gasteiger partial charge in [-0.15, -0.1) is 0 Å². The van der Waals surface area contributed by atoms with Gasteiger partial charge >= 0.3 is 0 Å². The third-order valence-electron chi connectivity index (χ3n) is 2.60. The predicted molar refractivity (Wildman–Crippen MR) is 80.7 cm³/mol. The zero-order chi connectivity index (χ0) is 13.9. The van der Waals surface area contributed by atoms with Crippen molar-refractivity contribution in [1.82, 2.24) is 10.6 Å². The van der Waals surface area contributed by atoms with Crippen LogP contribution in [0.5, 0.6) is 5.75 Å². The van der Waals surface area contributed by atoms with Gasteiger partial charge in [0.2, 0.25) is 0 Å². The fraction of sp³-hybridized carbons (Fsp3) is 0.533. The zero-order valence-electron chi connectivity index (χ0n) is 12.2. The van der Waals surface area contributed by atoms with Crippen LogP contribution in [0.2, 0.25) is 0 Å². The molecule has 4 nitrogen and oxygen atoms in total. The average molecular weight is 263 g/mol. The molecule has 0 aliphatic carbocycles. The number of hydrogen-bond acceptors (Lipinski definition) is 2. The van der Waals surface area contributed by atoms with Crippen LogP contribution in [0, 0.1) is 0 Å². The lowest BCUT2D eigenvalue weighted by Crippen LogP contribution is -2.37. The Hall–Kier alpha value is -1.71. The van der Waals surface area contributed by atoms with Crippen molar-refractivity contribution in [3.63, 3.8) is 0 Å². The van der Waals surface area contributed by atoms with Crippen LogP contribution >= 0.6 is 0 Å². The van der Waals surface area contributed by atoms with Gasteiger partial charge in [0.1, 0.15) is 5.75 Å². The van der Waals surface area contributed by atoms with E-state index in [-0.39, 0.29) is 0 Å². The molecule has 1 aromatic carbocycles. The van der Waals surface area contributed by atoms with Crippen molar-refractivity contribution in [2.45, 2.75) is 33.2 Å². The van der Waals surface area contributed by atoms with Crippen LogP contribution in [0.1, 0.15) is 32.3 Å². The van der Waals surface area contributed by atoms with Crippen LogP contribution in [0.3, 0.4) is 0 Å². The number of hydrogen-bond donors (Lipinski definition) is 2. The van der Waals surface area contributed by atoms with Gasteiger partial charge in [-0.3, -0.25) is 4.99 Å². The number of guanidine groups is 1. The first kappa shape index (κ1) is 15.3. The molecule has 106 valence electrons. The van der Waals surface area contributed by atoms with Crippen molar-refractivity contribution in [2.75, 3.05) is 20.2 Å². The molecule has 1 rings (SSSR count). The standard InChI is InChI=1S/C15H25N3O/c1-4-9-17-15(16-3)18-12-13-7-6-8-14(11-13)19-10-5-2/h6-8,11H,4-5,9-10,12H2,1-3H3,(H2,16,17,18). The molecule has 0 fully saturated rings. The molecule has 0 radical (unpaired) electrons. The van der Waals surface area contributed by atoms with E-state index in [1.165, 1.54) is 5.56 Å². The smallest absolute Gasteiger partial charge is 0.191 e. The normalized spacial score (nSPS) is 11.2. The highest BCUT2D eigenvalue weighted by atomic mass is 16.5. The molecule has 4 heteroatoms. The molecule has 2 N–H and O–H groups in total. The summed E-state index contributed by atoms with van der Waals surface area (Å²) in [5, 5.41) is 6.53. The van der Waals surface area contributed by atoms with Crippen molar-refractivity contribution in [2.24, 2.45) is 4.99 Å². The van der Waals surface area contributed by atoms with E-state index in [2.05, 4.69) is 41.6 Å². The fourth-order valence-electron chi connectivity index (χ4n) is 1.61. The minimum absolute atomic E-state index is 0.743. The van der Waals surface area contributed by atoms with Crippen LogP contribution in [0.15, 0.2) is 29.3 Å². The van der Waals surface area contributed by atoms with Crippen LogP contribution in [-0.2, 0) is 6.54 Å². The van der Waals surface area contributed by atoms with Crippen LogP contribution in [0.25, 0.3) is 0 Å². The third-order valence-corrected chi connectivity index (χ3v) is 2.60. The summed E-state index contributed by atoms with van der Waals surface area (Å²) in [6, 6.07) is 8.15. The molecule has 0 amide bonds. The third kappa shape index (κ3) is 6.13. The molecule has 0 saturated heterocycles. The number of aliphatic imine (C=N–C) groups is 1. The van der Waals surface area contributed by atoms with Crippen molar-refractivity contribution in [3.8, 4) is 5.75 Å². The molecule has 0 heterocycles. The van der Waals surface area contributed by atoms with E-state index in [1.807, 2.05) is 12.1 Å². The maximum atomic E-state index is 5.62. The lowest BCUT2D eigenvalue weighted by atomic mass is 10.2. The SMILES string of the molecule is CCCNC(=NC)NCc1cccc(OCCC)c1. The van der Waals surface area contributed by atoms with Gasteiger partial charge in [0.15, 0.2) is 5.96 Å². The highest BCUT2D eigenvalue weighted by molar-refractivity contribution is 5.79. The minimum atomic E-state index is 0.743. The zero-order valence-corrected chi connectivity index (χ0v) is 12.2. The second kappa shape index (κ2) is 9.25. The monoisotopic (exact) mass is 263 g/mol. The molecule has 0 bridgehead atoms. The molecule has 0 spiro atoms. The summed E-state index contributed by atoms with van der Waals surface area (Å²) in [6.45, 7) is 6.67. The molecule has 1 aromatic rings. The van der Waals surface area contributed by atoms with Gasteiger partial charge in [0, 0.05) is 20.1 Å². The Morgan fingerprint density at radius 3 is 2.74 bits per heavy atom. The molecule has 0 atom stereocenters. The summed E-state index contributed by atoms with van der Waals surface area (Å²) >= 11 is 0. The van der Waals surface area contributed by atoms with E-state index < -0.39 is 0 Å². The number of rotatable bonds is 7.